The highest BCUT2D eigenvalue weighted by Crippen LogP contribution is 2.34. The van der Waals surface area contributed by atoms with Crippen LogP contribution < -0.4 is 31.9 Å². The summed E-state index contributed by atoms with van der Waals surface area (Å²) in [6.45, 7) is 0.477. The summed E-state index contributed by atoms with van der Waals surface area (Å²) in [4.78, 5) is 126. The van der Waals surface area contributed by atoms with Crippen LogP contribution in [-0.2, 0) is 76.9 Å². The van der Waals surface area contributed by atoms with Crippen LogP contribution in [0.3, 0.4) is 0 Å². The third-order valence-corrected chi connectivity index (χ3v) is 17.4. The van der Waals surface area contributed by atoms with Gasteiger partial charge in [0.2, 0.25) is 47.3 Å². The lowest BCUT2D eigenvalue weighted by Crippen LogP contribution is -2.62. The molecule has 18 nitrogen and oxygen atoms in total. The molecule has 0 unspecified atom stereocenters. The van der Waals surface area contributed by atoms with E-state index in [4.69, 9.17) is 0 Å². The molecule has 0 bridgehead atoms. The quantitative estimate of drug-likeness (QED) is 0.0724. The second-order valence-electron chi connectivity index (χ2n) is 23.3. The standard InChI is InChI=1S/C68H66F2N10O8/c69-45-25-22-41(23-26-45)32-53-62(82)74-55(64(84)77-56(33-40-14-5-2-6-15-40)67(87)79-28-10-20-58(79)66(86)76-53)36-44-38-72-60-47(44)17-9-18-48(60)49-30-42(24-27-50(49)70)34-57-68(88)80-29-11-21-59(80)65(85)75-52(31-39-12-3-1-4-13-39)61(81)73-54(63(83)78-57)35-43-37-71-51-19-8-7-16-46(43)51/h1-9,12-19,22-27,30,37-38,52-59,71-72H,10-11,20-21,28-29,31-36H2,(H,73,81)(H,74,82)(H,75,85)(H,76,86)(H,77,84)(H,78,83)/t52-,53-,54+,55+,56-,57-,58+,59+/m0/s1. The van der Waals surface area contributed by atoms with Crippen molar-refractivity contribution >= 4 is 69.1 Å². The molecule has 4 saturated heterocycles. The van der Waals surface area contributed by atoms with Crippen molar-refractivity contribution in [2.45, 2.75) is 113 Å². The van der Waals surface area contributed by atoms with Crippen molar-refractivity contribution in [3.8, 4) is 11.1 Å². The van der Waals surface area contributed by atoms with Gasteiger partial charge in [-0.2, -0.15) is 0 Å². The van der Waals surface area contributed by atoms with Gasteiger partial charge in [0.25, 0.3) is 0 Å². The Morgan fingerprint density at radius 2 is 0.818 bits per heavy atom. The highest BCUT2D eigenvalue weighted by molar-refractivity contribution is 6.01. The second-order valence-corrected chi connectivity index (χ2v) is 23.3. The van der Waals surface area contributed by atoms with Crippen molar-refractivity contribution in [1.82, 2.24) is 51.7 Å². The van der Waals surface area contributed by atoms with Gasteiger partial charge in [0.15, 0.2) is 0 Å². The maximum atomic E-state index is 16.6. The second kappa shape index (κ2) is 25.5. The third kappa shape index (κ3) is 12.6. The first-order chi connectivity index (χ1) is 42.7. The molecule has 8 atom stereocenters. The number of fused-ring (bicyclic) bond motifs is 4. The highest BCUT2D eigenvalue weighted by atomic mass is 19.1. The molecule has 4 aliphatic rings. The number of carbonyl (C=O) groups excluding carboxylic acids is 8. The van der Waals surface area contributed by atoms with Crippen LogP contribution in [0.15, 0.2) is 158 Å². The predicted molar refractivity (Wildman–Crippen MR) is 325 cm³/mol. The van der Waals surface area contributed by atoms with E-state index in [-0.39, 0.29) is 57.2 Å². The number of aromatic nitrogens is 2. The van der Waals surface area contributed by atoms with E-state index in [0.29, 0.717) is 58.8 Å². The van der Waals surface area contributed by atoms with E-state index in [2.05, 4.69) is 41.9 Å². The number of carbonyl (C=O) groups is 8. The number of hydrogen-bond donors (Lipinski definition) is 8. The van der Waals surface area contributed by atoms with E-state index in [0.717, 1.165) is 27.6 Å². The molecule has 20 heteroatoms. The van der Waals surface area contributed by atoms with E-state index in [1.165, 1.54) is 46.2 Å². The van der Waals surface area contributed by atoms with E-state index in [9.17, 15) is 38.0 Å². The average molecular weight is 1190 g/mol. The lowest BCUT2D eigenvalue weighted by molar-refractivity contribution is -0.143. The molecule has 4 aliphatic heterocycles. The van der Waals surface area contributed by atoms with Gasteiger partial charge < -0.3 is 51.7 Å². The molecule has 8 aromatic rings. The molecule has 2 aromatic heterocycles. The summed E-state index contributed by atoms with van der Waals surface area (Å²) in [5.41, 5.74) is 5.65. The zero-order valence-corrected chi connectivity index (χ0v) is 48.0. The van der Waals surface area contributed by atoms with Crippen molar-refractivity contribution in [3.63, 3.8) is 0 Å². The fraction of sp³-hybridized carbons (Fsp3) is 0.294. The normalized spacial score (nSPS) is 23.1. The first kappa shape index (κ1) is 58.4. The van der Waals surface area contributed by atoms with Crippen molar-refractivity contribution in [2.24, 2.45) is 0 Å². The Balaban J connectivity index is 0.850. The van der Waals surface area contributed by atoms with Gasteiger partial charge in [-0.05, 0) is 89.4 Å². The summed E-state index contributed by atoms with van der Waals surface area (Å²) in [5.74, 6) is -5.66. The molecule has 88 heavy (non-hydrogen) atoms. The Morgan fingerprint density at radius 1 is 0.386 bits per heavy atom. The summed E-state index contributed by atoms with van der Waals surface area (Å²) < 4.78 is 30.7. The van der Waals surface area contributed by atoms with Gasteiger partial charge in [0.1, 0.15) is 60.0 Å². The molecule has 6 heterocycles. The third-order valence-electron chi connectivity index (χ3n) is 17.4. The fourth-order valence-corrected chi connectivity index (χ4v) is 12.9. The number of benzene rings is 6. The lowest BCUT2D eigenvalue weighted by Gasteiger charge is -2.32. The number of nitrogens with one attached hydrogen (secondary N) is 8. The summed E-state index contributed by atoms with van der Waals surface area (Å²) in [6, 6.07) is 32.0. The number of amides is 8. The minimum Gasteiger partial charge on any atom is -0.361 e. The topological polar surface area (TPSA) is 247 Å². The van der Waals surface area contributed by atoms with Gasteiger partial charge in [-0.3, -0.25) is 38.4 Å². The van der Waals surface area contributed by atoms with Crippen molar-refractivity contribution in [1.29, 1.82) is 0 Å². The van der Waals surface area contributed by atoms with E-state index < -0.39 is 107 Å². The smallest absolute Gasteiger partial charge is 0.246 e. The summed E-state index contributed by atoms with van der Waals surface area (Å²) in [5, 5.41) is 18.9. The zero-order chi connectivity index (χ0) is 61.0. The number of aromatic amines is 2. The van der Waals surface area contributed by atoms with Gasteiger partial charge in [0, 0.05) is 91.4 Å². The van der Waals surface area contributed by atoms with E-state index in [1.54, 1.807) is 36.7 Å². The maximum Gasteiger partial charge on any atom is 0.246 e. The maximum absolute atomic E-state index is 16.6. The van der Waals surface area contributed by atoms with Crippen LogP contribution in [0, 0.1) is 11.6 Å². The monoisotopic (exact) mass is 1190 g/mol. The zero-order valence-electron chi connectivity index (χ0n) is 48.0. The van der Waals surface area contributed by atoms with Crippen LogP contribution in [0.4, 0.5) is 8.78 Å². The first-order valence-electron chi connectivity index (χ1n) is 29.9. The van der Waals surface area contributed by atoms with Crippen LogP contribution in [0.25, 0.3) is 32.9 Å². The Bertz CT molecular complexity index is 3970. The van der Waals surface area contributed by atoms with Gasteiger partial charge in [-0.25, -0.2) is 8.78 Å². The average Bonchev–Trinajstić information content (AvgIpc) is 3.84. The number of para-hydroxylation sites is 2. The number of hydrogen-bond acceptors (Lipinski definition) is 8. The molecule has 0 spiro atoms. The lowest BCUT2D eigenvalue weighted by atomic mass is 9.95. The van der Waals surface area contributed by atoms with Crippen molar-refractivity contribution in [3.05, 3.63) is 203 Å². The SMILES string of the molecule is O=C1N[C@H](Cc2c[nH]c3ccccc23)C(=O)N[C@@H](Cc2ccc(F)c(-c3cccc4c(C[C@H]5NC(=O)[C@H](Cc6ccc(F)cc6)NC(=O)[C@H]6CCCN6C(=O)[C@H](Cc6ccccc6)NC5=O)c[nH]c34)c2)C(=O)N2CCC[C@@H]2C(=O)N[C@H]1Cc1ccccc1. The van der Waals surface area contributed by atoms with Crippen LogP contribution in [-0.4, -0.2) is 128 Å². The molecule has 0 radical (unpaired) electrons. The molecule has 6 aromatic carbocycles. The molecule has 4 fully saturated rings. The van der Waals surface area contributed by atoms with Gasteiger partial charge >= 0.3 is 0 Å². The number of nitrogens with zero attached hydrogens (tertiary/aromatic N) is 2. The summed E-state index contributed by atoms with van der Waals surface area (Å²) in [6.07, 6.45) is 5.06. The van der Waals surface area contributed by atoms with Gasteiger partial charge in [-0.1, -0.05) is 115 Å². The molecule has 8 N–H and O–H groups in total. The van der Waals surface area contributed by atoms with E-state index >= 15 is 9.18 Å². The highest BCUT2D eigenvalue weighted by Gasteiger charge is 2.43. The molecule has 12 rings (SSSR count). The first-order valence-corrected chi connectivity index (χ1v) is 29.9. The molecule has 0 saturated carbocycles. The van der Waals surface area contributed by atoms with Crippen LogP contribution >= 0.6 is 0 Å². The summed E-state index contributed by atoms with van der Waals surface area (Å²) in [7, 11) is 0. The summed E-state index contributed by atoms with van der Waals surface area (Å²) >= 11 is 0. The van der Waals surface area contributed by atoms with Crippen LogP contribution in [0.1, 0.15) is 59.1 Å². The molecular formula is C68H66F2N10O8. The predicted octanol–water partition coefficient (Wildman–Crippen LogP) is 5.57. The van der Waals surface area contributed by atoms with Crippen LogP contribution in [0.2, 0.25) is 0 Å². The van der Waals surface area contributed by atoms with Crippen molar-refractivity contribution < 1.29 is 47.1 Å². The Labute approximate surface area is 505 Å². The van der Waals surface area contributed by atoms with Crippen LogP contribution in [0.5, 0.6) is 0 Å². The Kier molecular flexibility index (Phi) is 16.9. The molecule has 450 valence electrons. The number of H-pyrrole nitrogens is 2. The van der Waals surface area contributed by atoms with E-state index in [1.807, 2.05) is 84.9 Å². The fourth-order valence-electron chi connectivity index (χ4n) is 12.9. The molecule has 8 amide bonds. The largest absolute Gasteiger partial charge is 0.361 e. The van der Waals surface area contributed by atoms with Gasteiger partial charge in [0.05, 0.1) is 5.52 Å². The van der Waals surface area contributed by atoms with Gasteiger partial charge in [-0.15, -0.1) is 0 Å². The Morgan fingerprint density at radius 3 is 1.39 bits per heavy atom. The number of halogens is 2. The number of rotatable bonds is 13. The molecular weight excluding hydrogens is 1120 g/mol. The van der Waals surface area contributed by atoms with Crippen molar-refractivity contribution in [2.75, 3.05) is 13.1 Å². The minimum atomic E-state index is -1.33. The Hall–Kier alpha value is -9.98. The minimum absolute atomic E-state index is 0.0330. The molecule has 0 aliphatic carbocycles.